The van der Waals surface area contributed by atoms with E-state index in [1.807, 2.05) is 0 Å². The number of benzene rings is 1. The lowest BCUT2D eigenvalue weighted by atomic mass is 10.0. The molecule has 7 nitrogen and oxygen atoms in total. The summed E-state index contributed by atoms with van der Waals surface area (Å²) in [6, 6.07) is 8.55. The van der Waals surface area contributed by atoms with E-state index in [0.717, 1.165) is 0 Å². The number of esters is 3. The fraction of sp³-hybridized carbons (Fsp3) is 0.471. The Bertz CT molecular complexity index is 598. The second-order valence-corrected chi connectivity index (χ2v) is 5.55. The first-order valence-corrected chi connectivity index (χ1v) is 7.60. The van der Waals surface area contributed by atoms with Crippen molar-refractivity contribution in [3.8, 4) is 0 Å². The van der Waals surface area contributed by atoms with Crippen LogP contribution in [0.4, 0.5) is 0 Å². The van der Waals surface area contributed by atoms with E-state index in [9.17, 15) is 14.4 Å². The van der Waals surface area contributed by atoms with Gasteiger partial charge in [0.2, 0.25) is 6.29 Å². The van der Waals surface area contributed by atoms with Gasteiger partial charge in [-0.2, -0.15) is 0 Å². The van der Waals surface area contributed by atoms with Crippen LogP contribution in [0.25, 0.3) is 0 Å². The highest BCUT2D eigenvalue weighted by molar-refractivity contribution is 5.89. The standard InChI is InChI=1S/C17H20O7/c1-10-14(9-21-16(20)13-7-5-4-6-8-13)24-17(23-12(3)19)15(10)22-11(2)18/h4-8,10,14-15,17H,9H2,1-3H3/t10-,14-,15-,17-/m1/s1. The molecule has 4 atom stereocenters. The summed E-state index contributed by atoms with van der Waals surface area (Å²) in [4.78, 5) is 34.4. The molecule has 0 N–H and O–H groups in total. The summed E-state index contributed by atoms with van der Waals surface area (Å²) in [5.74, 6) is -1.84. The maximum Gasteiger partial charge on any atom is 0.338 e. The van der Waals surface area contributed by atoms with Crippen LogP contribution in [0, 0.1) is 5.92 Å². The van der Waals surface area contributed by atoms with Gasteiger partial charge in [0.1, 0.15) is 12.7 Å². The molecule has 2 rings (SSSR count). The van der Waals surface area contributed by atoms with Crippen molar-refractivity contribution in [1.29, 1.82) is 0 Å². The molecule has 1 fully saturated rings. The summed E-state index contributed by atoms with van der Waals surface area (Å²) in [6.45, 7) is 4.24. The number of carbonyl (C=O) groups is 3. The van der Waals surface area contributed by atoms with E-state index < -0.39 is 36.4 Å². The molecule has 0 bridgehead atoms. The minimum atomic E-state index is -1.01. The van der Waals surface area contributed by atoms with Crippen LogP contribution in [0.2, 0.25) is 0 Å². The molecule has 1 saturated heterocycles. The molecule has 0 amide bonds. The first kappa shape index (κ1) is 17.9. The summed E-state index contributed by atoms with van der Waals surface area (Å²) < 4.78 is 21.0. The van der Waals surface area contributed by atoms with Crippen LogP contribution in [0.15, 0.2) is 30.3 Å². The summed E-state index contributed by atoms with van der Waals surface area (Å²) in [7, 11) is 0. The minimum Gasteiger partial charge on any atom is -0.459 e. The van der Waals surface area contributed by atoms with Gasteiger partial charge in [0.15, 0.2) is 6.10 Å². The second-order valence-electron chi connectivity index (χ2n) is 5.55. The van der Waals surface area contributed by atoms with Crippen LogP contribution in [0.5, 0.6) is 0 Å². The van der Waals surface area contributed by atoms with E-state index in [0.29, 0.717) is 5.56 Å². The number of hydrogen-bond donors (Lipinski definition) is 0. The van der Waals surface area contributed by atoms with Gasteiger partial charge in [-0.05, 0) is 12.1 Å². The Balaban J connectivity index is 1.98. The Kier molecular flexibility index (Phi) is 5.92. The third-order valence-corrected chi connectivity index (χ3v) is 3.65. The molecule has 130 valence electrons. The lowest BCUT2D eigenvalue weighted by molar-refractivity contribution is -0.195. The van der Waals surface area contributed by atoms with Crippen LogP contribution >= 0.6 is 0 Å². The molecule has 1 aromatic rings. The molecule has 0 unspecified atom stereocenters. The Morgan fingerprint density at radius 3 is 2.25 bits per heavy atom. The van der Waals surface area contributed by atoms with Crippen molar-refractivity contribution in [3.63, 3.8) is 0 Å². The number of ether oxygens (including phenoxy) is 4. The molecule has 1 aromatic carbocycles. The molecule has 0 spiro atoms. The van der Waals surface area contributed by atoms with Gasteiger partial charge in [0.25, 0.3) is 0 Å². The van der Waals surface area contributed by atoms with E-state index >= 15 is 0 Å². The van der Waals surface area contributed by atoms with E-state index in [-0.39, 0.29) is 12.5 Å². The molecule has 0 aromatic heterocycles. The van der Waals surface area contributed by atoms with Crippen LogP contribution < -0.4 is 0 Å². The first-order valence-electron chi connectivity index (χ1n) is 7.60. The maximum atomic E-state index is 12.0. The predicted octanol–water partition coefficient (Wildman–Crippen LogP) is 1.70. The van der Waals surface area contributed by atoms with E-state index in [1.54, 1.807) is 37.3 Å². The molecule has 0 saturated carbocycles. The Hall–Kier alpha value is -2.41. The molecule has 24 heavy (non-hydrogen) atoms. The maximum absolute atomic E-state index is 12.0. The molecule has 0 radical (unpaired) electrons. The van der Waals surface area contributed by atoms with Gasteiger partial charge in [-0.15, -0.1) is 0 Å². The normalized spacial score (nSPS) is 25.8. The van der Waals surface area contributed by atoms with E-state index in [2.05, 4.69) is 0 Å². The van der Waals surface area contributed by atoms with Crippen molar-refractivity contribution in [2.45, 2.75) is 39.3 Å². The highest BCUT2D eigenvalue weighted by atomic mass is 16.7. The molecule has 7 heteroatoms. The second kappa shape index (κ2) is 7.92. The summed E-state index contributed by atoms with van der Waals surface area (Å²) >= 11 is 0. The van der Waals surface area contributed by atoms with Crippen molar-refractivity contribution < 1.29 is 33.3 Å². The van der Waals surface area contributed by atoms with Crippen LogP contribution in [-0.4, -0.2) is 43.0 Å². The zero-order valence-electron chi connectivity index (χ0n) is 13.8. The average molecular weight is 336 g/mol. The highest BCUT2D eigenvalue weighted by Crippen LogP contribution is 2.30. The molecule has 1 aliphatic heterocycles. The van der Waals surface area contributed by atoms with Crippen molar-refractivity contribution in [3.05, 3.63) is 35.9 Å². The average Bonchev–Trinajstić information content (AvgIpc) is 2.81. The highest BCUT2D eigenvalue weighted by Gasteiger charge is 2.46. The Labute approximate surface area is 139 Å². The van der Waals surface area contributed by atoms with Gasteiger partial charge in [-0.1, -0.05) is 25.1 Å². The lowest BCUT2D eigenvalue weighted by Gasteiger charge is -2.20. The number of carbonyl (C=O) groups excluding carboxylic acids is 3. The van der Waals surface area contributed by atoms with Crippen LogP contribution in [0.1, 0.15) is 31.1 Å². The third-order valence-electron chi connectivity index (χ3n) is 3.65. The zero-order chi connectivity index (χ0) is 17.7. The number of hydrogen-bond acceptors (Lipinski definition) is 7. The topological polar surface area (TPSA) is 88.1 Å². The van der Waals surface area contributed by atoms with Crippen LogP contribution in [-0.2, 0) is 28.5 Å². The van der Waals surface area contributed by atoms with Crippen molar-refractivity contribution >= 4 is 17.9 Å². The van der Waals surface area contributed by atoms with Gasteiger partial charge in [-0.25, -0.2) is 4.79 Å². The number of rotatable bonds is 5. The van der Waals surface area contributed by atoms with E-state index in [4.69, 9.17) is 18.9 Å². The Morgan fingerprint density at radius 2 is 1.67 bits per heavy atom. The fourth-order valence-electron chi connectivity index (χ4n) is 2.45. The van der Waals surface area contributed by atoms with Crippen molar-refractivity contribution in [2.75, 3.05) is 6.61 Å². The molecule has 1 heterocycles. The quantitative estimate of drug-likeness (QED) is 0.597. The van der Waals surface area contributed by atoms with Gasteiger partial charge in [-0.3, -0.25) is 9.59 Å². The summed E-state index contributed by atoms with van der Waals surface area (Å²) in [6.07, 6.45) is -2.31. The predicted molar refractivity (Wildman–Crippen MR) is 81.9 cm³/mol. The van der Waals surface area contributed by atoms with Crippen molar-refractivity contribution in [1.82, 2.24) is 0 Å². The monoisotopic (exact) mass is 336 g/mol. The van der Waals surface area contributed by atoms with Gasteiger partial charge in [0, 0.05) is 19.8 Å². The zero-order valence-corrected chi connectivity index (χ0v) is 13.8. The summed E-state index contributed by atoms with van der Waals surface area (Å²) in [5.41, 5.74) is 0.427. The minimum absolute atomic E-state index is 0.0373. The fourth-order valence-corrected chi connectivity index (χ4v) is 2.45. The van der Waals surface area contributed by atoms with Gasteiger partial charge in [0.05, 0.1) is 5.56 Å². The van der Waals surface area contributed by atoms with Gasteiger partial charge >= 0.3 is 17.9 Å². The Morgan fingerprint density at radius 1 is 1.04 bits per heavy atom. The smallest absolute Gasteiger partial charge is 0.338 e. The molecular formula is C17H20O7. The SMILES string of the molecule is CC(=O)O[C@@H]1O[C@H](COC(=O)c2ccccc2)[C@@H](C)[C@H]1OC(C)=O. The van der Waals surface area contributed by atoms with Gasteiger partial charge < -0.3 is 18.9 Å². The third kappa shape index (κ3) is 4.55. The van der Waals surface area contributed by atoms with Crippen LogP contribution in [0.3, 0.4) is 0 Å². The largest absolute Gasteiger partial charge is 0.459 e. The lowest BCUT2D eigenvalue weighted by Crippen LogP contribution is -2.34. The summed E-state index contributed by atoms with van der Waals surface area (Å²) in [5, 5.41) is 0. The molecular weight excluding hydrogens is 316 g/mol. The first-order chi connectivity index (χ1) is 11.4. The van der Waals surface area contributed by atoms with Crippen molar-refractivity contribution in [2.24, 2.45) is 5.92 Å². The molecule has 1 aliphatic rings. The molecule has 0 aliphatic carbocycles. The van der Waals surface area contributed by atoms with E-state index in [1.165, 1.54) is 13.8 Å².